The number of imidazole rings is 2. The van der Waals surface area contributed by atoms with Crippen molar-refractivity contribution in [2.24, 2.45) is 0 Å². The number of anilines is 4. The Kier molecular flexibility index (Phi) is 18.9. The lowest BCUT2D eigenvalue weighted by Crippen LogP contribution is -2.48. The molecule has 4 aromatic carbocycles. The topological polar surface area (TPSA) is 165 Å². The minimum atomic E-state index is -4.12. The van der Waals surface area contributed by atoms with E-state index in [1.165, 1.54) is 23.6 Å². The first-order valence-electron chi connectivity index (χ1n) is 25.9. The van der Waals surface area contributed by atoms with Gasteiger partial charge in [0, 0.05) is 92.9 Å². The van der Waals surface area contributed by atoms with Gasteiger partial charge >= 0.3 is 13.0 Å². The van der Waals surface area contributed by atoms with Crippen LogP contribution in [-0.2, 0) is 27.4 Å². The molecule has 3 fully saturated rings. The summed E-state index contributed by atoms with van der Waals surface area (Å²) >= 11 is 0. The highest BCUT2D eigenvalue weighted by molar-refractivity contribution is 6.62. The van der Waals surface area contributed by atoms with Crippen molar-refractivity contribution in [3.05, 3.63) is 138 Å². The molecule has 1 atom stereocenters. The first kappa shape index (κ1) is 62.1. The predicted molar refractivity (Wildman–Crippen MR) is 315 cm³/mol. The third-order valence-electron chi connectivity index (χ3n) is 15.2. The van der Waals surface area contributed by atoms with E-state index in [4.69, 9.17) is 14.3 Å². The second-order valence-corrected chi connectivity index (χ2v) is 21.6. The van der Waals surface area contributed by atoms with E-state index < -0.39 is 41.0 Å². The number of hydrogen-bond donors (Lipinski definition) is 3. The molecule has 3 aliphatic heterocycles. The van der Waals surface area contributed by atoms with Gasteiger partial charge in [0.15, 0.2) is 5.60 Å². The predicted octanol–water partition coefficient (Wildman–Crippen LogP) is 11.2. The highest BCUT2D eigenvalue weighted by Gasteiger charge is 2.58. The maximum atomic E-state index is 16.1. The number of nitrogens with zero attached hydrogens (tertiary/aromatic N) is 11. The monoisotopic (exact) mass is 1110 g/mol. The van der Waals surface area contributed by atoms with Crippen LogP contribution in [0.3, 0.4) is 0 Å². The fraction of sp³-hybridized carbons (Fsp3) is 0.458. The molecule has 4 aromatic heterocycles. The quantitative estimate of drug-likeness (QED) is 0.0782. The average molecular weight is 1110 g/mol. The van der Waals surface area contributed by atoms with Crippen molar-refractivity contribution in [1.29, 1.82) is 0 Å². The summed E-state index contributed by atoms with van der Waals surface area (Å²) in [5, 5.41) is 21.7. The number of aliphatic hydroxyl groups is 1. The maximum absolute atomic E-state index is 16.1. The van der Waals surface area contributed by atoms with Crippen LogP contribution in [0, 0.1) is 11.6 Å². The summed E-state index contributed by atoms with van der Waals surface area (Å²) < 4.78 is 73.7. The molecule has 8 aromatic rings. The number of rotatable bonds is 12. The molecule has 0 unspecified atom stereocenters. The normalized spacial score (nSPS) is 16.9. The van der Waals surface area contributed by atoms with E-state index in [1.807, 2.05) is 17.0 Å². The van der Waals surface area contributed by atoms with E-state index >= 15 is 8.78 Å². The molecule has 11 rings (SSSR count). The number of fused-ring (bicyclic) bond motifs is 2. The number of halogens is 4. The second kappa shape index (κ2) is 24.3. The highest BCUT2D eigenvalue weighted by atomic mass is 19.3. The highest BCUT2D eigenvalue weighted by Crippen LogP contribution is 2.47. The number of pyridine rings is 1. The number of aromatic amines is 2. The van der Waals surface area contributed by atoms with Gasteiger partial charge in [-0.25, -0.2) is 23.4 Å². The summed E-state index contributed by atoms with van der Waals surface area (Å²) in [6, 6.07) is 26.0. The molecule has 21 heteroatoms. The van der Waals surface area contributed by atoms with Gasteiger partial charge < -0.3 is 44.0 Å². The van der Waals surface area contributed by atoms with Crippen LogP contribution in [0.5, 0.6) is 0 Å². The Morgan fingerprint density at radius 2 is 1.09 bits per heavy atom. The van der Waals surface area contributed by atoms with Crippen LogP contribution in [0.25, 0.3) is 22.1 Å². The van der Waals surface area contributed by atoms with Gasteiger partial charge in [0.05, 0.1) is 51.7 Å². The SMILES string of the molecule is C.C.C.C.CC(C)c1nc2ccc(N3CCN(c4ccc(B5OC(C)(C)C(C)(C)O5)cc4)CC3)cc2[nH]1.CC(C)c1nc2ccc(N3CCN(c4ccc(C(F)(F)[C@](O)(Cn5cnnn5)c5ccc(F)cc5F)nc4)CC3)cc2[nH]1. The van der Waals surface area contributed by atoms with Crippen molar-refractivity contribution in [3.8, 4) is 0 Å². The number of hydrogen-bond acceptors (Lipinski definition) is 13. The van der Waals surface area contributed by atoms with Crippen LogP contribution in [0.4, 0.5) is 40.3 Å². The van der Waals surface area contributed by atoms with E-state index in [0.29, 0.717) is 49.8 Å². The average Bonchev–Trinajstić information content (AvgIpc) is 4.33. The second-order valence-electron chi connectivity index (χ2n) is 21.6. The Balaban J connectivity index is 0.000000253. The number of alkyl halides is 2. The van der Waals surface area contributed by atoms with Gasteiger partial charge in [-0.1, -0.05) is 69.5 Å². The lowest BCUT2D eigenvalue weighted by atomic mass is 9.79. The van der Waals surface area contributed by atoms with E-state index in [9.17, 15) is 13.9 Å². The van der Waals surface area contributed by atoms with Crippen molar-refractivity contribution in [2.75, 3.05) is 72.0 Å². The number of piperazine rings is 2. The Bertz CT molecular complexity index is 3270. The summed E-state index contributed by atoms with van der Waals surface area (Å²) in [4.78, 5) is 29.4. The standard InChI is InChI=1S/C29H29F4N9O.C26H35BN4O2.4CH4/c1-18(2)27-36-24-7-4-20(14-25(24)37-27)40-9-11-41(12-10-40)21-5-8-26(34-15-21)29(32,33)28(43,16-42-17-35-38-39-42)22-6-3-19(30)13-23(22)31;1-18(2)24-28-22-12-11-21(17-23(22)29-24)31-15-13-30(14-16-31)20-9-7-19(8-10-20)27-32-25(3,4)26(5,6)33-27;;;;/h3-8,13-15,17-18,43H,9-12,16H2,1-2H3,(H,36,37);7-12,17-18H,13-16H2,1-6H3,(H,28,29);4*1H4/t28-;;;;;/m0...../s1. The van der Waals surface area contributed by atoms with Crippen LogP contribution in [0.1, 0.15) is 120 Å². The summed E-state index contributed by atoms with van der Waals surface area (Å²) in [6.45, 7) is 22.6. The Labute approximate surface area is 469 Å². The molecule has 0 radical (unpaired) electrons. The van der Waals surface area contributed by atoms with Gasteiger partial charge in [-0.3, -0.25) is 4.98 Å². The summed E-state index contributed by atoms with van der Waals surface area (Å²) in [5.41, 5.74) is 3.91. The van der Waals surface area contributed by atoms with Crippen LogP contribution < -0.4 is 25.1 Å². The maximum Gasteiger partial charge on any atom is 0.494 e. The van der Waals surface area contributed by atoms with Gasteiger partial charge in [0.25, 0.3) is 0 Å². The van der Waals surface area contributed by atoms with Crippen molar-refractivity contribution in [1.82, 2.24) is 45.1 Å². The largest absolute Gasteiger partial charge is 0.494 e. The lowest BCUT2D eigenvalue weighted by molar-refractivity contribution is -0.207. The molecule has 0 saturated carbocycles. The Hall–Kier alpha value is -7.10. The van der Waals surface area contributed by atoms with E-state index in [1.54, 1.807) is 0 Å². The minimum Gasteiger partial charge on any atom is -0.399 e. The molecule has 0 spiro atoms. The van der Waals surface area contributed by atoms with Crippen molar-refractivity contribution >= 4 is 57.4 Å². The molecular weight excluding hydrogens is 1030 g/mol. The third-order valence-corrected chi connectivity index (χ3v) is 15.2. The van der Waals surface area contributed by atoms with Crippen LogP contribution >= 0.6 is 0 Å². The number of H-pyrrole nitrogens is 2. The minimum absolute atomic E-state index is 0. The molecule has 0 amide bonds. The first-order valence-corrected chi connectivity index (χ1v) is 25.9. The molecule has 0 aliphatic carbocycles. The molecular formula is C59H80BF4N13O3. The van der Waals surface area contributed by atoms with Crippen LogP contribution in [0.2, 0.25) is 0 Å². The van der Waals surface area contributed by atoms with Crippen molar-refractivity contribution in [3.63, 3.8) is 0 Å². The van der Waals surface area contributed by atoms with Gasteiger partial charge in [0.1, 0.15) is 35.3 Å². The van der Waals surface area contributed by atoms with Gasteiger partial charge in [-0.05, 0) is 116 Å². The smallest absolute Gasteiger partial charge is 0.399 e. The molecule has 430 valence electrons. The van der Waals surface area contributed by atoms with E-state index in [0.717, 1.165) is 100 Å². The number of tetrazole rings is 1. The zero-order valence-electron chi connectivity index (χ0n) is 44.1. The van der Waals surface area contributed by atoms with Crippen molar-refractivity contribution < 1.29 is 32.0 Å². The number of benzene rings is 4. The van der Waals surface area contributed by atoms with Crippen molar-refractivity contribution in [2.45, 2.75) is 126 Å². The first-order chi connectivity index (χ1) is 36.2. The van der Waals surface area contributed by atoms with Gasteiger partial charge in [-0.2, -0.15) is 8.78 Å². The molecule has 7 heterocycles. The molecule has 3 aliphatic rings. The van der Waals surface area contributed by atoms with Gasteiger partial charge in [-0.15, -0.1) is 5.10 Å². The van der Waals surface area contributed by atoms with Gasteiger partial charge in [0.2, 0.25) is 0 Å². The fourth-order valence-corrected chi connectivity index (χ4v) is 9.88. The molecule has 80 heavy (non-hydrogen) atoms. The molecule has 16 nitrogen and oxygen atoms in total. The zero-order chi connectivity index (χ0) is 53.7. The Morgan fingerprint density at radius 3 is 1.52 bits per heavy atom. The van der Waals surface area contributed by atoms with E-state index in [2.05, 4.69) is 154 Å². The Morgan fingerprint density at radius 1 is 0.625 bits per heavy atom. The number of aromatic nitrogens is 9. The number of nitrogens with one attached hydrogen (secondary N) is 2. The van der Waals surface area contributed by atoms with E-state index in [-0.39, 0.29) is 48.0 Å². The molecule has 3 saturated heterocycles. The van der Waals surface area contributed by atoms with Crippen LogP contribution in [0.15, 0.2) is 104 Å². The summed E-state index contributed by atoms with van der Waals surface area (Å²) in [7, 11) is -0.311. The summed E-state index contributed by atoms with van der Waals surface area (Å²) in [6.07, 6.45) is 2.32. The lowest BCUT2D eigenvalue weighted by Gasteiger charge is -2.38. The summed E-state index contributed by atoms with van der Waals surface area (Å²) in [5.74, 6) is -3.74. The fourth-order valence-electron chi connectivity index (χ4n) is 9.88. The van der Waals surface area contributed by atoms with Crippen LogP contribution in [-0.4, -0.2) is 121 Å². The third kappa shape index (κ3) is 12.3. The zero-order valence-corrected chi connectivity index (χ0v) is 44.1. The molecule has 0 bridgehead atoms. The molecule has 3 N–H and O–H groups in total.